The van der Waals surface area contributed by atoms with Gasteiger partial charge in [0.1, 0.15) is 6.04 Å². The van der Waals surface area contributed by atoms with Gasteiger partial charge in [0.05, 0.1) is 5.56 Å². The molecule has 158 valence electrons. The molecule has 31 heavy (non-hydrogen) atoms. The summed E-state index contributed by atoms with van der Waals surface area (Å²) >= 11 is 0. The van der Waals surface area contributed by atoms with Crippen LogP contribution in [0.1, 0.15) is 55.0 Å². The Labute approximate surface area is 177 Å². The molecule has 0 spiro atoms. The van der Waals surface area contributed by atoms with Gasteiger partial charge in [-0.1, -0.05) is 18.2 Å². The first-order valence-corrected chi connectivity index (χ1v) is 9.72. The first-order valence-electron chi connectivity index (χ1n) is 9.72. The van der Waals surface area contributed by atoms with Crippen molar-refractivity contribution in [1.29, 1.82) is 0 Å². The number of nitrogens with one attached hydrogen (secondary N) is 2. The molecular formula is C22H19N3O6. The molecule has 1 saturated heterocycles. The summed E-state index contributed by atoms with van der Waals surface area (Å²) < 4.78 is 0. The van der Waals surface area contributed by atoms with E-state index in [4.69, 9.17) is 5.11 Å². The third kappa shape index (κ3) is 3.89. The highest BCUT2D eigenvalue weighted by atomic mass is 16.4. The van der Waals surface area contributed by atoms with Gasteiger partial charge < -0.3 is 15.3 Å². The molecule has 0 aromatic heterocycles. The second-order valence-electron chi connectivity index (χ2n) is 7.42. The number of piperidine rings is 1. The zero-order chi connectivity index (χ0) is 22.1. The topological polar surface area (TPSA) is 133 Å². The lowest BCUT2D eigenvalue weighted by molar-refractivity contribution is -0.136. The number of carboxylic acid groups (broad SMARTS) is 1. The molecule has 1 unspecified atom stereocenters. The van der Waals surface area contributed by atoms with Crippen molar-refractivity contribution in [3.05, 3.63) is 70.3 Å². The van der Waals surface area contributed by atoms with Crippen LogP contribution in [0.15, 0.2) is 42.5 Å². The van der Waals surface area contributed by atoms with Crippen molar-refractivity contribution in [2.45, 2.75) is 32.0 Å². The van der Waals surface area contributed by atoms with Crippen molar-refractivity contribution < 1.29 is 29.1 Å². The van der Waals surface area contributed by atoms with Crippen LogP contribution in [0.2, 0.25) is 0 Å². The average molecular weight is 421 g/mol. The molecule has 0 saturated carbocycles. The predicted octanol–water partition coefficient (Wildman–Crippen LogP) is 1.08. The Morgan fingerprint density at radius 1 is 1.13 bits per heavy atom. The minimum Gasteiger partial charge on any atom is -0.478 e. The summed E-state index contributed by atoms with van der Waals surface area (Å²) in [5, 5.41) is 14.1. The van der Waals surface area contributed by atoms with Gasteiger partial charge in [-0.2, -0.15) is 0 Å². The number of carboxylic acids is 1. The number of rotatable bonds is 5. The van der Waals surface area contributed by atoms with Gasteiger partial charge in [-0.05, 0) is 41.8 Å². The standard InChI is InChI=1S/C22H19N3O6/c26-18-8-7-17(20(28)24-18)25-11-16-14(5-2-6-15(16)21(25)29)19(27)23-10-12-3-1-4-13(9-12)22(30)31/h1-6,9,17H,7-8,10-11H2,(H,23,27)(H,30,31)(H,24,26,28). The lowest BCUT2D eigenvalue weighted by Crippen LogP contribution is -2.52. The third-order valence-corrected chi connectivity index (χ3v) is 5.45. The van der Waals surface area contributed by atoms with E-state index in [1.165, 1.54) is 17.0 Å². The van der Waals surface area contributed by atoms with Gasteiger partial charge >= 0.3 is 5.97 Å². The Hall–Kier alpha value is -4.01. The van der Waals surface area contributed by atoms with Gasteiger partial charge in [-0.15, -0.1) is 0 Å². The van der Waals surface area contributed by atoms with E-state index in [1.807, 2.05) is 0 Å². The zero-order valence-electron chi connectivity index (χ0n) is 16.4. The lowest BCUT2D eigenvalue weighted by atomic mass is 10.0. The Morgan fingerprint density at radius 2 is 1.90 bits per heavy atom. The van der Waals surface area contributed by atoms with E-state index in [-0.39, 0.29) is 43.3 Å². The van der Waals surface area contributed by atoms with Crippen LogP contribution < -0.4 is 10.6 Å². The largest absolute Gasteiger partial charge is 0.478 e. The van der Waals surface area contributed by atoms with Crippen molar-refractivity contribution in [3.8, 4) is 0 Å². The number of benzene rings is 2. The molecule has 2 heterocycles. The first kappa shape index (κ1) is 20.3. The maximum absolute atomic E-state index is 12.9. The molecular weight excluding hydrogens is 402 g/mol. The summed E-state index contributed by atoms with van der Waals surface area (Å²) in [4.78, 5) is 61.8. The van der Waals surface area contributed by atoms with Crippen molar-refractivity contribution >= 4 is 29.6 Å². The van der Waals surface area contributed by atoms with E-state index >= 15 is 0 Å². The second-order valence-corrected chi connectivity index (χ2v) is 7.42. The van der Waals surface area contributed by atoms with Crippen LogP contribution in [0.4, 0.5) is 0 Å². The number of carbonyl (C=O) groups excluding carboxylic acids is 4. The second kappa shape index (κ2) is 8.02. The highest BCUT2D eigenvalue weighted by molar-refractivity contribution is 6.07. The highest BCUT2D eigenvalue weighted by Crippen LogP contribution is 2.29. The third-order valence-electron chi connectivity index (χ3n) is 5.45. The number of nitrogens with zero attached hydrogens (tertiary/aromatic N) is 1. The lowest BCUT2D eigenvalue weighted by Gasteiger charge is -2.29. The van der Waals surface area contributed by atoms with Crippen LogP contribution in [0, 0.1) is 0 Å². The van der Waals surface area contributed by atoms with Crippen LogP contribution in [0.3, 0.4) is 0 Å². The summed E-state index contributed by atoms with van der Waals surface area (Å²) in [6, 6.07) is 10.3. The van der Waals surface area contributed by atoms with Crippen LogP contribution in [0.25, 0.3) is 0 Å². The Bertz CT molecular complexity index is 1130. The predicted molar refractivity (Wildman–Crippen MR) is 107 cm³/mol. The quantitative estimate of drug-likeness (QED) is 0.619. The highest BCUT2D eigenvalue weighted by Gasteiger charge is 2.40. The summed E-state index contributed by atoms with van der Waals surface area (Å²) in [6.07, 6.45) is 0.394. The summed E-state index contributed by atoms with van der Waals surface area (Å²) in [5.41, 5.74) is 1.94. The molecule has 2 aliphatic heterocycles. The van der Waals surface area contributed by atoms with E-state index in [0.29, 0.717) is 22.3 Å². The van der Waals surface area contributed by atoms with Crippen LogP contribution in [0.5, 0.6) is 0 Å². The average Bonchev–Trinajstić information content (AvgIpc) is 3.08. The van der Waals surface area contributed by atoms with E-state index in [9.17, 15) is 24.0 Å². The zero-order valence-corrected chi connectivity index (χ0v) is 16.4. The number of hydrogen-bond donors (Lipinski definition) is 3. The SMILES string of the molecule is O=C1CCC(N2Cc3c(C(=O)NCc4cccc(C(=O)O)c4)cccc3C2=O)C(=O)N1. The number of hydrogen-bond acceptors (Lipinski definition) is 5. The fraction of sp³-hybridized carbons (Fsp3) is 0.227. The normalized spacial score (nSPS) is 17.9. The van der Waals surface area contributed by atoms with Gasteiger partial charge in [0.2, 0.25) is 11.8 Å². The molecule has 1 fully saturated rings. The van der Waals surface area contributed by atoms with Crippen LogP contribution >= 0.6 is 0 Å². The minimum absolute atomic E-state index is 0.0958. The van der Waals surface area contributed by atoms with Gasteiger partial charge in [0.25, 0.3) is 11.8 Å². The molecule has 1 atom stereocenters. The summed E-state index contributed by atoms with van der Waals surface area (Å²) in [6.45, 7) is 0.215. The molecule has 2 aromatic rings. The number of aromatic carboxylic acids is 1. The molecule has 3 N–H and O–H groups in total. The molecule has 9 heteroatoms. The molecule has 2 aliphatic rings. The summed E-state index contributed by atoms with van der Waals surface area (Å²) in [5.74, 6) is -2.69. The van der Waals surface area contributed by atoms with E-state index in [2.05, 4.69) is 10.6 Å². The number of carbonyl (C=O) groups is 5. The van der Waals surface area contributed by atoms with Gasteiger partial charge in [0, 0.05) is 30.6 Å². The van der Waals surface area contributed by atoms with Crippen LogP contribution in [-0.2, 0) is 22.7 Å². The monoisotopic (exact) mass is 421 g/mol. The van der Waals surface area contributed by atoms with Gasteiger partial charge in [0.15, 0.2) is 0 Å². The van der Waals surface area contributed by atoms with E-state index in [1.54, 1.807) is 30.3 Å². The minimum atomic E-state index is -1.05. The van der Waals surface area contributed by atoms with Crippen LogP contribution in [-0.4, -0.2) is 45.6 Å². The molecule has 0 radical (unpaired) electrons. The Kier molecular flexibility index (Phi) is 5.24. The molecule has 4 rings (SSSR count). The van der Waals surface area contributed by atoms with E-state index in [0.717, 1.165) is 0 Å². The maximum Gasteiger partial charge on any atom is 0.335 e. The molecule has 9 nitrogen and oxygen atoms in total. The number of imide groups is 1. The molecule has 4 amide bonds. The van der Waals surface area contributed by atoms with E-state index < -0.39 is 23.8 Å². The Morgan fingerprint density at radius 3 is 2.65 bits per heavy atom. The summed E-state index contributed by atoms with van der Waals surface area (Å²) in [7, 11) is 0. The van der Waals surface area contributed by atoms with Crippen molar-refractivity contribution in [1.82, 2.24) is 15.5 Å². The fourth-order valence-corrected chi connectivity index (χ4v) is 3.89. The van der Waals surface area contributed by atoms with Gasteiger partial charge in [-0.25, -0.2) is 4.79 Å². The smallest absolute Gasteiger partial charge is 0.335 e. The van der Waals surface area contributed by atoms with Gasteiger partial charge in [-0.3, -0.25) is 24.5 Å². The van der Waals surface area contributed by atoms with Crippen molar-refractivity contribution in [2.75, 3.05) is 0 Å². The van der Waals surface area contributed by atoms with Crippen molar-refractivity contribution in [2.24, 2.45) is 0 Å². The number of amides is 4. The van der Waals surface area contributed by atoms with Crippen molar-refractivity contribution in [3.63, 3.8) is 0 Å². The molecule has 0 bridgehead atoms. The fourth-order valence-electron chi connectivity index (χ4n) is 3.89. The molecule has 2 aromatic carbocycles. The maximum atomic E-state index is 12.9. The Balaban J connectivity index is 1.51. The number of fused-ring (bicyclic) bond motifs is 1. The first-order chi connectivity index (χ1) is 14.8. The molecule has 0 aliphatic carbocycles.